The van der Waals surface area contributed by atoms with Crippen molar-refractivity contribution in [3.63, 3.8) is 0 Å². The number of nitrogens with zero attached hydrogens (tertiary/aromatic N) is 6. The van der Waals surface area contributed by atoms with Gasteiger partial charge in [-0.3, -0.25) is 9.69 Å². The molecular formula is C28H32ClN7O. The Hall–Kier alpha value is -3.10. The molecule has 7 rings (SSSR count). The second kappa shape index (κ2) is 8.20. The number of rotatable bonds is 3. The van der Waals surface area contributed by atoms with Crippen molar-refractivity contribution in [2.24, 2.45) is 5.41 Å². The molecule has 0 saturated carbocycles. The van der Waals surface area contributed by atoms with Gasteiger partial charge in [-0.1, -0.05) is 42.8 Å². The van der Waals surface area contributed by atoms with Gasteiger partial charge in [-0.2, -0.15) is 4.98 Å². The van der Waals surface area contributed by atoms with Gasteiger partial charge < -0.3 is 20.1 Å². The maximum atomic E-state index is 15.0. The first-order valence-corrected chi connectivity index (χ1v) is 13.8. The van der Waals surface area contributed by atoms with E-state index < -0.39 is 5.54 Å². The highest BCUT2D eigenvalue weighted by Gasteiger charge is 2.66. The van der Waals surface area contributed by atoms with Crippen LogP contribution in [0.3, 0.4) is 0 Å². The van der Waals surface area contributed by atoms with E-state index in [1.54, 1.807) is 6.07 Å². The third-order valence-corrected chi connectivity index (χ3v) is 9.46. The summed E-state index contributed by atoms with van der Waals surface area (Å²) in [5, 5.41) is 1.62. The number of fused-ring (bicyclic) bond motifs is 3. The van der Waals surface area contributed by atoms with Crippen LogP contribution in [0.15, 0.2) is 36.4 Å². The summed E-state index contributed by atoms with van der Waals surface area (Å²) in [6.07, 6.45) is 8.67. The minimum Gasteiger partial charge on any atom is -0.383 e. The number of hydrogen-bond acceptors (Lipinski definition) is 6. The van der Waals surface area contributed by atoms with Gasteiger partial charge in [0, 0.05) is 55.8 Å². The number of hydrogen-bond donors (Lipinski definition) is 1. The number of piperidine rings is 1. The van der Waals surface area contributed by atoms with Gasteiger partial charge in [-0.25, -0.2) is 4.98 Å². The predicted octanol–water partition coefficient (Wildman–Crippen LogP) is 3.74. The van der Waals surface area contributed by atoms with Crippen LogP contribution in [0.5, 0.6) is 0 Å². The van der Waals surface area contributed by atoms with Crippen LogP contribution >= 0.6 is 11.6 Å². The van der Waals surface area contributed by atoms with Crippen molar-refractivity contribution in [3.05, 3.63) is 52.8 Å². The minimum atomic E-state index is -0.680. The molecule has 1 amide bonds. The molecule has 0 spiro atoms. The third-order valence-electron chi connectivity index (χ3n) is 9.27. The van der Waals surface area contributed by atoms with E-state index in [4.69, 9.17) is 17.3 Å². The van der Waals surface area contributed by atoms with E-state index in [9.17, 15) is 0 Å². The molecule has 4 aliphatic heterocycles. The average Bonchev–Trinajstić information content (AvgIpc) is 3.26. The van der Waals surface area contributed by atoms with Crippen LogP contribution in [-0.2, 0) is 16.8 Å². The molecule has 9 heteroatoms. The monoisotopic (exact) mass is 517 g/mol. The van der Waals surface area contributed by atoms with Gasteiger partial charge in [0.25, 0.3) is 0 Å². The van der Waals surface area contributed by atoms with E-state index in [-0.39, 0.29) is 11.3 Å². The van der Waals surface area contributed by atoms with Crippen molar-refractivity contribution in [2.45, 2.75) is 38.1 Å². The number of amides is 1. The zero-order chi connectivity index (χ0) is 25.4. The molecule has 8 nitrogen and oxygen atoms in total. The van der Waals surface area contributed by atoms with Gasteiger partial charge in [-0.05, 0) is 43.9 Å². The van der Waals surface area contributed by atoms with E-state index in [0.717, 1.165) is 38.8 Å². The van der Waals surface area contributed by atoms with Crippen molar-refractivity contribution in [1.29, 1.82) is 0 Å². The molecule has 0 radical (unpaired) electrons. The number of anilines is 2. The molecule has 0 bridgehead atoms. The normalized spacial score (nSPS) is 27.0. The standard InChI is InChI=1S/C28H32ClN7O/c1-2-27-9-5-11-35-12-8-20-19-6-3-4-7-21(19)36(13-10-27)24(20)28(27,35)25(37)33-14-16-34(17-15-33)26-31-22(29)18-23(30)32-26/h3-4,6-7,10,13,18H,2,5,8-9,11-12,14-17H2,1H3,(H2,30,31,32)/t27-,28-/m1/s1. The Kier molecular flexibility index (Phi) is 5.11. The Morgan fingerprint density at radius 2 is 1.92 bits per heavy atom. The number of piperazine rings is 1. The van der Waals surface area contributed by atoms with Gasteiger partial charge in [0.15, 0.2) is 5.54 Å². The zero-order valence-corrected chi connectivity index (χ0v) is 21.9. The van der Waals surface area contributed by atoms with Crippen molar-refractivity contribution in [3.8, 4) is 0 Å². The molecule has 2 N–H and O–H groups in total. The summed E-state index contributed by atoms with van der Waals surface area (Å²) in [6, 6.07) is 10.2. The molecule has 37 heavy (non-hydrogen) atoms. The van der Waals surface area contributed by atoms with Crippen molar-refractivity contribution in [1.82, 2.24) is 24.3 Å². The number of carbonyl (C=O) groups is 1. The number of halogens is 1. The molecule has 0 unspecified atom stereocenters. The number of para-hydroxylation sites is 1. The number of aromatic nitrogens is 3. The van der Waals surface area contributed by atoms with Gasteiger partial charge >= 0.3 is 0 Å². The van der Waals surface area contributed by atoms with Gasteiger partial charge in [0.2, 0.25) is 11.9 Å². The topological polar surface area (TPSA) is 83.5 Å². The molecule has 2 fully saturated rings. The Morgan fingerprint density at radius 3 is 2.70 bits per heavy atom. The summed E-state index contributed by atoms with van der Waals surface area (Å²) in [5.74, 6) is 1.13. The molecule has 3 aromatic rings. The second-order valence-electron chi connectivity index (χ2n) is 10.8. The van der Waals surface area contributed by atoms with Crippen LogP contribution in [0, 0.1) is 5.41 Å². The molecule has 1 aromatic carbocycles. The molecule has 192 valence electrons. The zero-order valence-electron chi connectivity index (χ0n) is 21.2. The lowest BCUT2D eigenvalue weighted by atomic mass is 9.57. The Bertz CT molecular complexity index is 1420. The van der Waals surface area contributed by atoms with Crippen LogP contribution < -0.4 is 10.6 Å². The highest BCUT2D eigenvalue weighted by molar-refractivity contribution is 6.29. The number of nitrogens with two attached hydrogens (primary N) is 1. The first-order valence-electron chi connectivity index (χ1n) is 13.4. The molecule has 6 heterocycles. The van der Waals surface area contributed by atoms with Crippen LogP contribution in [0.1, 0.15) is 37.4 Å². The molecule has 2 aromatic heterocycles. The van der Waals surface area contributed by atoms with E-state index >= 15 is 4.79 Å². The van der Waals surface area contributed by atoms with Crippen LogP contribution in [0.4, 0.5) is 11.8 Å². The van der Waals surface area contributed by atoms with Crippen LogP contribution in [-0.4, -0.2) is 69.5 Å². The van der Waals surface area contributed by atoms with Crippen molar-refractivity contribution in [2.75, 3.05) is 49.9 Å². The lowest BCUT2D eigenvalue weighted by molar-refractivity contribution is -0.164. The molecule has 2 atom stereocenters. The first kappa shape index (κ1) is 23.0. The fourth-order valence-corrected chi connectivity index (χ4v) is 7.80. The quantitative estimate of drug-likeness (QED) is 0.533. The van der Waals surface area contributed by atoms with E-state index in [1.807, 2.05) is 0 Å². The molecule has 4 aliphatic rings. The van der Waals surface area contributed by atoms with Gasteiger partial charge in [0.1, 0.15) is 11.0 Å². The summed E-state index contributed by atoms with van der Waals surface area (Å²) < 4.78 is 2.33. The highest BCUT2D eigenvalue weighted by Crippen LogP contribution is 2.60. The SMILES string of the molecule is CC[C@]12C=Cn3c4c(c5ccccc53)CCN(CCC1)[C@@]42C(=O)N1CCN(c2nc(N)cc(Cl)n2)CC1. The fourth-order valence-electron chi connectivity index (χ4n) is 7.62. The maximum absolute atomic E-state index is 15.0. The summed E-state index contributed by atoms with van der Waals surface area (Å²) in [6.45, 7) is 6.65. The van der Waals surface area contributed by atoms with Crippen molar-refractivity contribution >= 4 is 46.4 Å². The van der Waals surface area contributed by atoms with Crippen molar-refractivity contribution < 1.29 is 4.79 Å². The lowest BCUT2D eigenvalue weighted by Crippen LogP contribution is -2.71. The predicted molar refractivity (Wildman–Crippen MR) is 146 cm³/mol. The van der Waals surface area contributed by atoms with E-state index in [1.165, 1.54) is 22.2 Å². The molecule has 0 aliphatic carbocycles. The maximum Gasteiger partial charge on any atom is 0.250 e. The minimum absolute atomic E-state index is 0.219. The summed E-state index contributed by atoms with van der Waals surface area (Å²) in [7, 11) is 0. The smallest absolute Gasteiger partial charge is 0.250 e. The largest absolute Gasteiger partial charge is 0.383 e. The van der Waals surface area contributed by atoms with E-state index in [0.29, 0.717) is 43.1 Å². The third kappa shape index (κ3) is 3.03. The highest BCUT2D eigenvalue weighted by atomic mass is 35.5. The van der Waals surface area contributed by atoms with Crippen LogP contribution in [0.2, 0.25) is 5.15 Å². The Labute approximate surface area is 221 Å². The van der Waals surface area contributed by atoms with Crippen LogP contribution in [0.25, 0.3) is 17.1 Å². The summed E-state index contributed by atoms with van der Waals surface area (Å²) >= 11 is 6.14. The average molecular weight is 518 g/mol. The van der Waals surface area contributed by atoms with Gasteiger partial charge in [0.05, 0.1) is 11.2 Å². The van der Waals surface area contributed by atoms with Gasteiger partial charge in [-0.15, -0.1) is 0 Å². The first-order chi connectivity index (χ1) is 18.0. The summed E-state index contributed by atoms with van der Waals surface area (Å²) in [5.41, 5.74) is 8.78. The summed E-state index contributed by atoms with van der Waals surface area (Å²) in [4.78, 5) is 30.4. The lowest BCUT2D eigenvalue weighted by Gasteiger charge is -2.61. The van der Waals surface area contributed by atoms with E-state index in [2.05, 4.69) is 72.7 Å². The Morgan fingerprint density at radius 1 is 1.11 bits per heavy atom. The molecule has 2 saturated heterocycles. The second-order valence-corrected chi connectivity index (χ2v) is 11.2. The number of carbonyl (C=O) groups excluding carboxylic acids is 1. The molecular weight excluding hydrogens is 486 g/mol. The Balaban J connectivity index is 1.32. The number of benzene rings is 1. The fraction of sp³-hybridized carbons (Fsp3) is 0.464. The number of nitrogen functional groups attached to an aromatic ring is 1.